The number of hydrogen-bond donors (Lipinski definition) is 2. The van der Waals surface area contributed by atoms with Crippen molar-refractivity contribution in [2.75, 3.05) is 6.54 Å². The highest BCUT2D eigenvalue weighted by molar-refractivity contribution is 9.10. The molecule has 0 saturated carbocycles. The topological polar surface area (TPSA) is 66.4 Å². The van der Waals surface area contributed by atoms with Crippen molar-refractivity contribution in [1.29, 1.82) is 0 Å². The standard InChI is InChI=1S/C11H14BrCl2NO3S/c1-7(16)3-2-4-15-19(17,18)11-9(13)5-8(12)6-10(11)14/h5-7,15-16H,2-4H2,1H3. The molecule has 0 aromatic heterocycles. The molecule has 0 saturated heterocycles. The normalized spacial score (nSPS) is 13.5. The summed E-state index contributed by atoms with van der Waals surface area (Å²) in [5.41, 5.74) is 0. The molecule has 0 bridgehead atoms. The van der Waals surface area contributed by atoms with Crippen LogP contribution >= 0.6 is 39.1 Å². The number of nitrogens with one attached hydrogen (secondary N) is 1. The molecule has 0 fully saturated rings. The van der Waals surface area contributed by atoms with Gasteiger partial charge in [0.2, 0.25) is 10.0 Å². The largest absolute Gasteiger partial charge is 0.393 e. The number of hydrogen-bond acceptors (Lipinski definition) is 3. The fourth-order valence-electron chi connectivity index (χ4n) is 1.46. The first-order valence-corrected chi connectivity index (χ1v) is 8.59. The lowest BCUT2D eigenvalue weighted by molar-refractivity contribution is 0.182. The van der Waals surface area contributed by atoms with Gasteiger partial charge in [0.15, 0.2) is 0 Å². The van der Waals surface area contributed by atoms with Gasteiger partial charge in [-0.05, 0) is 31.9 Å². The molecule has 0 spiro atoms. The summed E-state index contributed by atoms with van der Waals surface area (Å²) < 4.78 is 27.2. The second kappa shape index (κ2) is 7.24. The maximum Gasteiger partial charge on any atom is 0.243 e. The third kappa shape index (κ3) is 5.21. The van der Waals surface area contributed by atoms with Gasteiger partial charge >= 0.3 is 0 Å². The van der Waals surface area contributed by atoms with Crippen LogP contribution in [0.4, 0.5) is 0 Å². The number of halogens is 3. The molecule has 1 rings (SSSR count). The van der Waals surface area contributed by atoms with Gasteiger partial charge in [-0.15, -0.1) is 0 Å². The molecule has 0 heterocycles. The van der Waals surface area contributed by atoms with Crippen molar-refractivity contribution in [2.45, 2.75) is 30.8 Å². The molecule has 1 atom stereocenters. The Bertz CT molecular complexity index is 526. The maximum absolute atomic E-state index is 12.1. The van der Waals surface area contributed by atoms with Crippen molar-refractivity contribution in [3.05, 3.63) is 26.7 Å². The molecule has 2 N–H and O–H groups in total. The molecule has 1 aromatic carbocycles. The summed E-state index contributed by atoms with van der Waals surface area (Å²) in [5, 5.41) is 9.21. The first-order valence-electron chi connectivity index (χ1n) is 5.56. The summed E-state index contributed by atoms with van der Waals surface area (Å²) in [4.78, 5) is -0.129. The van der Waals surface area contributed by atoms with E-state index in [0.717, 1.165) is 0 Å². The van der Waals surface area contributed by atoms with Gasteiger partial charge in [-0.25, -0.2) is 13.1 Å². The summed E-state index contributed by atoms with van der Waals surface area (Å²) in [6, 6.07) is 2.94. The zero-order valence-corrected chi connectivity index (χ0v) is 14.1. The van der Waals surface area contributed by atoms with Gasteiger partial charge in [0.25, 0.3) is 0 Å². The van der Waals surface area contributed by atoms with Crippen LogP contribution in [0.5, 0.6) is 0 Å². The van der Waals surface area contributed by atoms with E-state index < -0.39 is 16.1 Å². The van der Waals surface area contributed by atoms with Gasteiger partial charge in [-0.1, -0.05) is 39.1 Å². The lowest BCUT2D eigenvalue weighted by atomic mass is 10.2. The molecule has 108 valence electrons. The van der Waals surface area contributed by atoms with Crippen LogP contribution in [0.2, 0.25) is 10.0 Å². The van der Waals surface area contributed by atoms with Crippen LogP contribution in [0.3, 0.4) is 0 Å². The van der Waals surface area contributed by atoms with E-state index >= 15 is 0 Å². The number of benzene rings is 1. The Labute approximate surface area is 131 Å². The molecule has 4 nitrogen and oxygen atoms in total. The highest BCUT2D eigenvalue weighted by atomic mass is 79.9. The lowest BCUT2D eigenvalue weighted by Crippen LogP contribution is -2.26. The van der Waals surface area contributed by atoms with E-state index in [0.29, 0.717) is 17.3 Å². The van der Waals surface area contributed by atoms with E-state index in [1.807, 2.05) is 0 Å². The minimum atomic E-state index is -3.75. The van der Waals surface area contributed by atoms with Crippen LogP contribution in [-0.2, 0) is 10.0 Å². The molecule has 1 unspecified atom stereocenters. The number of aliphatic hydroxyl groups excluding tert-OH is 1. The summed E-state index contributed by atoms with van der Waals surface area (Å²) >= 11 is 15.0. The van der Waals surface area contributed by atoms with Gasteiger partial charge in [0.05, 0.1) is 16.1 Å². The smallest absolute Gasteiger partial charge is 0.243 e. The van der Waals surface area contributed by atoms with E-state index in [-0.39, 0.29) is 21.5 Å². The van der Waals surface area contributed by atoms with E-state index in [1.165, 1.54) is 12.1 Å². The lowest BCUT2D eigenvalue weighted by Gasteiger charge is -2.11. The summed E-state index contributed by atoms with van der Waals surface area (Å²) in [6.07, 6.45) is 0.594. The zero-order chi connectivity index (χ0) is 14.6. The molecular weight excluding hydrogens is 377 g/mol. The number of rotatable bonds is 6. The van der Waals surface area contributed by atoms with E-state index in [2.05, 4.69) is 20.7 Å². The number of aliphatic hydroxyl groups is 1. The summed E-state index contributed by atoms with van der Waals surface area (Å²) in [5.74, 6) is 0. The monoisotopic (exact) mass is 389 g/mol. The van der Waals surface area contributed by atoms with Crippen molar-refractivity contribution < 1.29 is 13.5 Å². The van der Waals surface area contributed by atoms with Crippen LogP contribution < -0.4 is 4.72 Å². The molecule has 19 heavy (non-hydrogen) atoms. The predicted molar refractivity (Wildman–Crippen MR) is 80.3 cm³/mol. The number of sulfonamides is 1. The Morgan fingerprint density at radius 3 is 2.37 bits per heavy atom. The summed E-state index contributed by atoms with van der Waals surface area (Å²) in [6.45, 7) is 1.87. The van der Waals surface area contributed by atoms with Crippen molar-refractivity contribution in [3.63, 3.8) is 0 Å². The van der Waals surface area contributed by atoms with Gasteiger partial charge in [0.1, 0.15) is 4.90 Å². The van der Waals surface area contributed by atoms with Gasteiger partial charge in [0, 0.05) is 11.0 Å². The van der Waals surface area contributed by atoms with Crippen LogP contribution in [0.15, 0.2) is 21.5 Å². The van der Waals surface area contributed by atoms with Crippen LogP contribution in [0, 0.1) is 0 Å². The minimum Gasteiger partial charge on any atom is -0.393 e. The van der Waals surface area contributed by atoms with E-state index in [4.69, 9.17) is 28.3 Å². The van der Waals surface area contributed by atoms with Gasteiger partial charge in [-0.3, -0.25) is 0 Å². The first-order chi connectivity index (χ1) is 8.74. The van der Waals surface area contributed by atoms with Crippen LogP contribution in [0.25, 0.3) is 0 Å². The SMILES string of the molecule is CC(O)CCCNS(=O)(=O)c1c(Cl)cc(Br)cc1Cl. The predicted octanol–water partition coefficient (Wildman–Crippen LogP) is 3.20. The average Bonchev–Trinajstić information content (AvgIpc) is 2.22. The molecule has 0 aliphatic rings. The molecular formula is C11H14BrCl2NO3S. The highest BCUT2D eigenvalue weighted by Crippen LogP contribution is 2.32. The maximum atomic E-state index is 12.1. The highest BCUT2D eigenvalue weighted by Gasteiger charge is 2.21. The first kappa shape index (κ1) is 17.2. The van der Waals surface area contributed by atoms with Crippen LogP contribution in [0.1, 0.15) is 19.8 Å². The molecule has 0 aliphatic carbocycles. The Kier molecular flexibility index (Phi) is 6.56. The average molecular weight is 391 g/mol. The third-order valence-electron chi connectivity index (χ3n) is 2.32. The molecule has 0 aliphatic heterocycles. The fraction of sp³-hybridized carbons (Fsp3) is 0.455. The Balaban J connectivity index is 2.84. The molecule has 8 heteroatoms. The second-order valence-corrected chi connectivity index (χ2v) is 7.52. The van der Waals surface area contributed by atoms with Crippen molar-refractivity contribution >= 4 is 49.2 Å². The summed E-state index contributed by atoms with van der Waals surface area (Å²) in [7, 11) is -3.75. The van der Waals surface area contributed by atoms with Crippen LogP contribution in [-0.4, -0.2) is 26.2 Å². The quantitative estimate of drug-likeness (QED) is 0.733. The molecule has 0 radical (unpaired) electrons. The Hall–Kier alpha value is 0.150. The minimum absolute atomic E-state index is 0.0578. The van der Waals surface area contributed by atoms with E-state index in [1.54, 1.807) is 6.92 Å². The second-order valence-electron chi connectivity index (χ2n) is 4.09. The molecule has 0 amide bonds. The van der Waals surface area contributed by atoms with Crippen molar-refractivity contribution in [1.82, 2.24) is 4.72 Å². The zero-order valence-electron chi connectivity index (χ0n) is 10.2. The van der Waals surface area contributed by atoms with E-state index in [9.17, 15) is 8.42 Å². The van der Waals surface area contributed by atoms with Crippen molar-refractivity contribution in [3.8, 4) is 0 Å². The molecule has 1 aromatic rings. The Morgan fingerprint density at radius 1 is 1.37 bits per heavy atom. The fourth-order valence-corrected chi connectivity index (χ4v) is 4.47. The van der Waals surface area contributed by atoms with Crippen molar-refractivity contribution in [2.24, 2.45) is 0 Å². The van der Waals surface area contributed by atoms with Gasteiger partial charge in [-0.2, -0.15) is 0 Å². The van der Waals surface area contributed by atoms with Gasteiger partial charge < -0.3 is 5.11 Å². The third-order valence-corrected chi connectivity index (χ3v) is 5.16. The Morgan fingerprint density at radius 2 is 1.89 bits per heavy atom.